The minimum atomic E-state index is -0.486. The van der Waals surface area contributed by atoms with Crippen molar-refractivity contribution < 1.29 is 14.3 Å². The van der Waals surface area contributed by atoms with E-state index in [-0.39, 0.29) is 11.7 Å². The van der Waals surface area contributed by atoms with E-state index in [0.717, 1.165) is 24.8 Å². The van der Waals surface area contributed by atoms with Gasteiger partial charge in [0, 0.05) is 19.5 Å². The van der Waals surface area contributed by atoms with Crippen LogP contribution in [-0.4, -0.2) is 35.8 Å². The number of carbonyl (C=O) groups is 2. The minimum absolute atomic E-state index is 0.0440. The van der Waals surface area contributed by atoms with Crippen LogP contribution in [0.25, 0.3) is 0 Å². The van der Waals surface area contributed by atoms with Crippen molar-refractivity contribution in [1.29, 1.82) is 0 Å². The summed E-state index contributed by atoms with van der Waals surface area (Å²) in [4.78, 5) is 25.5. The smallest absolute Gasteiger partial charge is 0.263 e. The second-order valence-electron chi connectivity index (χ2n) is 6.85. The summed E-state index contributed by atoms with van der Waals surface area (Å²) in [5, 5.41) is 0. The van der Waals surface area contributed by atoms with Crippen LogP contribution in [0.1, 0.15) is 57.9 Å². The molecule has 24 heavy (non-hydrogen) atoms. The molecular formula is C20H29NO3. The third-order valence-corrected chi connectivity index (χ3v) is 4.82. The van der Waals surface area contributed by atoms with E-state index >= 15 is 0 Å². The van der Waals surface area contributed by atoms with Gasteiger partial charge in [0.25, 0.3) is 5.91 Å². The molecule has 4 nitrogen and oxygen atoms in total. The van der Waals surface area contributed by atoms with Crippen molar-refractivity contribution in [3.63, 3.8) is 0 Å². The summed E-state index contributed by atoms with van der Waals surface area (Å²) >= 11 is 0. The summed E-state index contributed by atoms with van der Waals surface area (Å²) in [6, 6.07) is 8.02. The molecule has 1 aromatic carbocycles. The zero-order valence-electron chi connectivity index (χ0n) is 15.1. The topological polar surface area (TPSA) is 46.6 Å². The van der Waals surface area contributed by atoms with Crippen LogP contribution in [0.4, 0.5) is 0 Å². The summed E-state index contributed by atoms with van der Waals surface area (Å²) in [5.41, 5.74) is 1.11. The molecule has 132 valence electrons. The monoisotopic (exact) mass is 331 g/mol. The lowest BCUT2D eigenvalue weighted by atomic mass is 9.94. The van der Waals surface area contributed by atoms with Gasteiger partial charge in [0.1, 0.15) is 11.5 Å². The Morgan fingerprint density at radius 1 is 1.17 bits per heavy atom. The molecule has 0 N–H and O–H groups in total. The van der Waals surface area contributed by atoms with Crippen LogP contribution in [-0.2, 0) is 16.0 Å². The fraction of sp³-hybridized carbons (Fsp3) is 0.600. The average Bonchev–Trinajstić information content (AvgIpc) is 2.60. The van der Waals surface area contributed by atoms with Crippen molar-refractivity contribution in [1.82, 2.24) is 4.90 Å². The van der Waals surface area contributed by atoms with Crippen LogP contribution in [0, 0.1) is 0 Å². The summed E-state index contributed by atoms with van der Waals surface area (Å²) in [6.45, 7) is 3.42. The molecule has 1 amide bonds. The largest absolute Gasteiger partial charge is 0.481 e. The van der Waals surface area contributed by atoms with Crippen LogP contribution in [0.3, 0.4) is 0 Å². The van der Waals surface area contributed by atoms with Crippen LogP contribution < -0.4 is 4.74 Å². The lowest BCUT2D eigenvalue weighted by Crippen LogP contribution is -2.44. The fourth-order valence-electron chi connectivity index (χ4n) is 3.24. The normalized spacial score (nSPS) is 16.5. The third kappa shape index (κ3) is 5.36. The van der Waals surface area contributed by atoms with Crippen molar-refractivity contribution >= 4 is 11.7 Å². The molecule has 1 unspecified atom stereocenters. The Balaban J connectivity index is 1.87. The number of hydrogen-bond donors (Lipinski definition) is 0. The van der Waals surface area contributed by atoms with E-state index < -0.39 is 6.10 Å². The van der Waals surface area contributed by atoms with Crippen LogP contribution in [0.15, 0.2) is 24.3 Å². The van der Waals surface area contributed by atoms with Gasteiger partial charge in [0.15, 0.2) is 6.10 Å². The first kappa shape index (κ1) is 18.5. The molecule has 1 fully saturated rings. The molecule has 2 rings (SSSR count). The summed E-state index contributed by atoms with van der Waals surface area (Å²) in [5.74, 6) is 0.933. The number of ketones is 1. The molecule has 0 saturated heterocycles. The number of benzene rings is 1. The third-order valence-electron chi connectivity index (χ3n) is 4.82. The zero-order valence-corrected chi connectivity index (χ0v) is 15.1. The van der Waals surface area contributed by atoms with E-state index in [4.69, 9.17) is 4.74 Å². The molecule has 1 aliphatic rings. The summed E-state index contributed by atoms with van der Waals surface area (Å²) in [6.07, 6.45) is 6.70. The molecule has 1 saturated carbocycles. The maximum Gasteiger partial charge on any atom is 0.263 e. The number of aryl methyl sites for hydroxylation is 1. The molecule has 0 radical (unpaired) electrons. The summed E-state index contributed by atoms with van der Waals surface area (Å²) < 4.78 is 5.81. The van der Waals surface area contributed by atoms with Gasteiger partial charge in [-0.1, -0.05) is 31.4 Å². The maximum absolute atomic E-state index is 12.6. The maximum atomic E-state index is 12.6. The van der Waals surface area contributed by atoms with Gasteiger partial charge in [-0.3, -0.25) is 4.79 Å². The Labute approximate surface area is 145 Å². The lowest BCUT2D eigenvalue weighted by molar-refractivity contribution is -0.139. The average molecular weight is 331 g/mol. The molecule has 1 aromatic rings. The number of rotatable bonds is 7. The Morgan fingerprint density at radius 3 is 2.38 bits per heavy atom. The highest BCUT2D eigenvalue weighted by atomic mass is 16.5. The Bertz CT molecular complexity index is 547. The SMILES string of the molecule is CC(=O)CCc1ccc(OC(C)C(=O)N(C)C2CCCCC2)cc1. The molecule has 0 spiro atoms. The van der Waals surface area contributed by atoms with Gasteiger partial charge in [-0.05, 0) is 50.8 Å². The van der Waals surface area contributed by atoms with Crippen molar-refractivity contribution in [3.05, 3.63) is 29.8 Å². The number of likely N-dealkylation sites (N-methyl/N-ethyl adjacent to an activating group) is 1. The summed E-state index contributed by atoms with van der Waals surface area (Å²) in [7, 11) is 1.89. The van der Waals surface area contributed by atoms with Gasteiger partial charge in [-0.15, -0.1) is 0 Å². The molecule has 1 atom stereocenters. The highest BCUT2D eigenvalue weighted by Gasteiger charge is 2.26. The van der Waals surface area contributed by atoms with Gasteiger partial charge < -0.3 is 14.4 Å². The van der Waals surface area contributed by atoms with E-state index in [1.165, 1.54) is 19.3 Å². The second kappa shape index (κ2) is 8.86. The standard InChI is InChI=1S/C20H29NO3/c1-15(22)9-10-17-11-13-19(14-12-17)24-16(2)20(23)21(3)18-7-5-4-6-8-18/h11-14,16,18H,4-10H2,1-3H3. The number of hydrogen-bond acceptors (Lipinski definition) is 3. The molecule has 1 aliphatic carbocycles. The first-order valence-corrected chi connectivity index (χ1v) is 8.99. The van der Waals surface area contributed by atoms with E-state index in [9.17, 15) is 9.59 Å². The van der Waals surface area contributed by atoms with Crippen molar-refractivity contribution in [2.24, 2.45) is 0 Å². The quantitative estimate of drug-likeness (QED) is 0.764. The predicted molar refractivity (Wildman–Crippen MR) is 95.2 cm³/mol. The number of ether oxygens (including phenoxy) is 1. The highest BCUT2D eigenvalue weighted by Crippen LogP contribution is 2.23. The number of carbonyl (C=O) groups excluding carboxylic acids is 2. The second-order valence-corrected chi connectivity index (χ2v) is 6.85. The van der Waals surface area contributed by atoms with Crippen molar-refractivity contribution in [2.75, 3.05) is 7.05 Å². The van der Waals surface area contributed by atoms with Crippen molar-refractivity contribution in [3.8, 4) is 5.75 Å². The lowest BCUT2D eigenvalue weighted by Gasteiger charge is -2.32. The highest BCUT2D eigenvalue weighted by molar-refractivity contribution is 5.81. The Kier molecular flexibility index (Phi) is 6.83. The van der Waals surface area contributed by atoms with E-state index in [0.29, 0.717) is 18.2 Å². The number of amides is 1. The van der Waals surface area contributed by atoms with Crippen LogP contribution in [0.5, 0.6) is 5.75 Å². The fourth-order valence-corrected chi connectivity index (χ4v) is 3.24. The Hall–Kier alpha value is -1.84. The molecular weight excluding hydrogens is 302 g/mol. The van der Waals surface area contributed by atoms with Crippen LogP contribution in [0.2, 0.25) is 0 Å². The number of Topliss-reactive ketones (excluding diaryl/α,β-unsaturated/α-hetero) is 1. The van der Waals surface area contributed by atoms with Gasteiger partial charge in [-0.2, -0.15) is 0 Å². The minimum Gasteiger partial charge on any atom is -0.481 e. The van der Waals surface area contributed by atoms with Gasteiger partial charge >= 0.3 is 0 Å². The first-order valence-electron chi connectivity index (χ1n) is 8.99. The van der Waals surface area contributed by atoms with Gasteiger partial charge in [-0.25, -0.2) is 0 Å². The first-order chi connectivity index (χ1) is 11.5. The predicted octanol–water partition coefficient (Wildman–Crippen LogP) is 3.77. The van der Waals surface area contributed by atoms with Gasteiger partial charge in [0.05, 0.1) is 0 Å². The van der Waals surface area contributed by atoms with Gasteiger partial charge in [0.2, 0.25) is 0 Å². The molecule has 0 aliphatic heterocycles. The Morgan fingerprint density at radius 2 is 1.79 bits per heavy atom. The molecule has 0 heterocycles. The van der Waals surface area contributed by atoms with Crippen molar-refractivity contribution in [2.45, 2.75) is 70.9 Å². The van der Waals surface area contributed by atoms with Crippen LogP contribution >= 0.6 is 0 Å². The molecule has 4 heteroatoms. The zero-order chi connectivity index (χ0) is 17.5. The van der Waals surface area contributed by atoms with E-state index in [1.807, 2.05) is 43.1 Å². The molecule has 0 aromatic heterocycles. The van der Waals surface area contributed by atoms with E-state index in [1.54, 1.807) is 6.92 Å². The van der Waals surface area contributed by atoms with E-state index in [2.05, 4.69) is 0 Å². The molecule has 0 bridgehead atoms. The number of nitrogens with zero attached hydrogens (tertiary/aromatic N) is 1.